The quantitative estimate of drug-likeness (QED) is 0.804. The molecule has 0 saturated heterocycles. The van der Waals surface area contributed by atoms with E-state index >= 15 is 0 Å². The average Bonchev–Trinajstić information content (AvgIpc) is 2.36. The van der Waals surface area contributed by atoms with E-state index in [2.05, 4.69) is 5.32 Å². The predicted molar refractivity (Wildman–Crippen MR) is 68.0 cm³/mol. The van der Waals surface area contributed by atoms with Crippen molar-refractivity contribution in [3.05, 3.63) is 23.8 Å². The van der Waals surface area contributed by atoms with Gasteiger partial charge in [-0.25, -0.2) is 0 Å². The zero-order chi connectivity index (χ0) is 13.5. The Morgan fingerprint density at radius 3 is 2.78 bits per heavy atom. The molecule has 1 rings (SSSR count). The normalized spacial score (nSPS) is 11.9. The molecule has 2 N–H and O–H groups in total. The van der Waals surface area contributed by atoms with Gasteiger partial charge in [-0.15, -0.1) is 0 Å². The van der Waals surface area contributed by atoms with E-state index in [0.717, 1.165) is 0 Å². The summed E-state index contributed by atoms with van der Waals surface area (Å²) < 4.78 is 9.93. The van der Waals surface area contributed by atoms with Crippen LogP contribution in [-0.4, -0.2) is 38.4 Å². The summed E-state index contributed by atoms with van der Waals surface area (Å²) >= 11 is 0. The molecular formula is C13H19NO4. The first-order valence-corrected chi connectivity index (χ1v) is 5.73. The lowest BCUT2D eigenvalue weighted by Gasteiger charge is -2.13. The van der Waals surface area contributed by atoms with Crippen LogP contribution < -0.4 is 10.1 Å². The Morgan fingerprint density at radius 1 is 1.44 bits per heavy atom. The van der Waals surface area contributed by atoms with E-state index in [1.165, 1.54) is 7.11 Å². The van der Waals surface area contributed by atoms with E-state index in [1.54, 1.807) is 25.3 Å². The fourth-order valence-electron chi connectivity index (χ4n) is 1.58. The standard InChI is InChI=1S/C13H19NO4/c1-9(8-17-2)7-14-13(16)10-5-4-6-11(18-3)12(10)15/h4-6,9,15H,7-8H2,1-3H3,(H,14,16). The van der Waals surface area contributed by atoms with Gasteiger partial charge < -0.3 is 19.9 Å². The Kier molecular flexibility index (Phi) is 5.45. The van der Waals surface area contributed by atoms with E-state index < -0.39 is 0 Å². The molecule has 0 bridgehead atoms. The summed E-state index contributed by atoms with van der Waals surface area (Å²) in [5.74, 6) is 0.0329. The molecule has 5 nitrogen and oxygen atoms in total. The number of phenols is 1. The van der Waals surface area contributed by atoms with Gasteiger partial charge in [0.2, 0.25) is 0 Å². The maximum Gasteiger partial charge on any atom is 0.255 e. The van der Waals surface area contributed by atoms with E-state index in [0.29, 0.717) is 13.2 Å². The molecule has 0 saturated carbocycles. The maximum absolute atomic E-state index is 11.9. The first-order valence-electron chi connectivity index (χ1n) is 5.73. The Morgan fingerprint density at radius 2 is 2.17 bits per heavy atom. The number of aromatic hydroxyl groups is 1. The lowest BCUT2D eigenvalue weighted by molar-refractivity contribution is 0.0931. The Labute approximate surface area is 107 Å². The van der Waals surface area contributed by atoms with Crippen LogP contribution in [0.1, 0.15) is 17.3 Å². The van der Waals surface area contributed by atoms with Gasteiger partial charge in [-0.3, -0.25) is 4.79 Å². The van der Waals surface area contributed by atoms with E-state index in [9.17, 15) is 9.90 Å². The molecule has 1 atom stereocenters. The SMILES string of the molecule is COCC(C)CNC(=O)c1cccc(OC)c1O. The monoisotopic (exact) mass is 253 g/mol. The van der Waals surface area contributed by atoms with Crippen LogP contribution >= 0.6 is 0 Å². The smallest absolute Gasteiger partial charge is 0.255 e. The van der Waals surface area contributed by atoms with Crippen molar-refractivity contribution in [2.45, 2.75) is 6.92 Å². The first kappa shape index (κ1) is 14.3. The number of hydrogen-bond donors (Lipinski definition) is 2. The molecule has 100 valence electrons. The number of nitrogens with one attached hydrogen (secondary N) is 1. The van der Waals surface area contributed by atoms with Gasteiger partial charge in [0.25, 0.3) is 5.91 Å². The fraction of sp³-hybridized carbons (Fsp3) is 0.462. The second kappa shape index (κ2) is 6.86. The number of carbonyl (C=O) groups excluding carboxylic acids is 1. The molecule has 1 amide bonds. The molecule has 1 aromatic rings. The van der Waals surface area contributed by atoms with Gasteiger partial charge in [0.15, 0.2) is 11.5 Å². The molecule has 0 fully saturated rings. The van der Waals surface area contributed by atoms with Gasteiger partial charge in [-0.1, -0.05) is 13.0 Å². The van der Waals surface area contributed by atoms with Gasteiger partial charge >= 0.3 is 0 Å². The van der Waals surface area contributed by atoms with Gasteiger partial charge in [0, 0.05) is 13.7 Å². The van der Waals surface area contributed by atoms with E-state index in [4.69, 9.17) is 9.47 Å². The summed E-state index contributed by atoms with van der Waals surface area (Å²) in [4.78, 5) is 11.9. The van der Waals surface area contributed by atoms with Crippen molar-refractivity contribution in [2.75, 3.05) is 27.4 Å². The molecule has 1 aromatic carbocycles. The van der Waals surface area contributed by atoms with Crippen LogP contribution in [0.3, 0.4) is 0 Å². The largest absolute Gasteiger partial charge is 0.504 e. The van der Waals surface area contributed by atoms with Crippen molar-refractivity contribution in [1.82, 2.24) is 5.32 Å². The third kappa shape index (κ3) is 3.63. The van der Waals surface area contributed by atoms with Crippen LogP contribution in [0.5, 0.6) is 11.5 Å². The number of carbonyl (C=O) groups is 1. The molecular weight excluding hydrogens is 234 g/mol. The van der Waals surface area contributed by atoms with Gasteiger partial charge in [0.1, 0.15) is 0 Å². The Bertz CT molecular complexity index is 406. The molecule has 0 aromatic heterocycles. The number of phenolic OH excluding ortho intramolecular Hbond substituents is 1. The Hall–Kier alpha value is -1.75. The van der Waals surface area contributed by atoms with Crippen LogP contribution in [0.15, 0.2) is 18.2 Å². The van der Waals surface area contributed by atoms with E-state index in [1.807, 2.05) is 6.92 Å². The highest BCUT2D eigenvalue weighted by Crippen LogP contribution is 2.29. The van der Waals surface area contributed by atoms with Crippen LogP contribution in [0, 0.1) is 5.92 Å². The number of ether oxygens (including phenoxy) is 2. The average molecular weight is 253 g/mol. The molecule has 5 heteroatoms. The molecule has 0 aliphatic heterocycles. The van der Waals surface area contributed by atoms with Crippen molar-refractivity contribution in [2.24, 2.45) is 5.92 Å². The highest BCUT2D eigenvalue weighted by molar-refractivity contribution is 5.97. The number of rotatable bonds is 6. The number of para-hydroxylation sites is 1. The third-order valence-electron chi connectivity index (χ3n) is 2.53. The lowest BCUT2D eigenvalue weighted by Crippen LogP contribution is -2.29. The Balaban J connectivity index is 2.67. The van der Waals surface area contributed by atoms with E-state index in [-0.39, 0.29) is 28.9 Å². The topological polar surface area (TPSA) is 67.8 Å². The number of benzene rings is 1. The summed E-state index contributed by atoms with van der Waals surface area (Å²) in [7, 11) is 3.06. The summed E-state index contributed by atoms with van der Waals surface area (Å²) in [6, 6.07) is 4.81. The minimum Gasteiger partial charge on any atom is -0.504 e. The minimum absolute atomic E-state index is 0.142. The van der Waals surface area contributed by atoms with Crippen molar-refractivity contribution in [3.63, 3.8) is 0 Å². The van der Waals surface area contributed by atoms with Gasteiger partial charge in [-0.2, -0.15) is 0 Å². The first-order chi connectivity index (χ1) is 8.60. The minimum atomic E-state index is -0.325. The zero-order valence-corrected chi connectivity index (χ0v) is 10.9. The second-order valence-corrected chi connectivity index (χ2v) is 4.13. The van der Waals surface area contributed by atoms with Crippen LogP contribution in [-0.2, 0) is 4.74 Å². The molecule has 18 heavy (non-hydrogen) atoms. The predicted octanol–water partition coefficient (Wildman–Crippen LogP) is 1.41. The van der Waals surface area contributed by atoms with Crippen LogP contribution in [0.2, 0.25) is 0 Å². The zero-order valence-electron chi connectivity index (χ0n) is 10.9. The molecule has 1 unspecified atom stereocenters. The summed E-state index contributed by atoms with van der Waals surface area (Å²) in [5.41, 5.74) is 0.207. The lowest BCUT2D eigenvalue weighted by atomic mass is 10.1. The second-order valence-electron chi connectivity index (χ2n) is 4.13. The van der Waals surface area contributed by atoms with Crippen LogP contribution in [0.4, 0.5) is 0 Å². The fourth-order valence-corrected chi connectivity index (χ4v) is 1.58. The summed E-state index contributed by atoms with van der Waals surface area (Å²) in [6.07, 6.45) is 0. The van der Waals surface area contributed by atoms with Crippen molar-refractivity contribution in [1.29, 1.82) is 0 Å². The molecule has 0 radical (unpaired) electrons. The highest BCUT2D eigenvalue weighted by atomic mass is 16.5. The number of amides is 1. The number of hydrogen-bond acceptors (Lipinski definition) is 4. The number of methoxy groups -OCH3 is 2. The van der Waals surface area contributed by atoms with Crippen molar-refractivity contribution < 1.29 is 19.4 Å². The summed E-state index contributed by atoms with van der Waals surface area (Å²) in [5, 5.41) is 12.6. The maximum atomic E-state index is 11.9. The summed E-state index contributed by atoms with van der Waals surface area (Å²) in [6.45, 7) is 3.03. The van der Waals surface area contributed by atoms with Gasteiger partial charge in [-0.05, 0) is 18.1 Å². The molecule has 0 aliphatic carbocycles. The third-order valence-corrected chi connectivity index (χ3v) is 2.53. The van der Waals surface area contributed by atoms with Crippen molar-refractivity contribution in [3.8, 4) is 11.5 Å². The highest BCUT2D eigenvalue weighted by Gasteiger charge is 2.15. The van der Waals surface area contributed by atoms with Crippen molar-refractivity contribution >= 4 is 5.91 Å². The molecule has 0 aliphatic rings. The molecule has 0 heterocycles. The van der Waals surface area contributed by atoms with Gasteiger partial charge in [0.05, 0.1) is 19.3 Å². The molecule has 0 spiro atoms. The van der Waals surface area contributed by atoms with Crippen LogP contribution in [0.25, 0.3) is 0 Å².